The molecule has 7 heteroatoms. The first-order valence-electron chi connectivity index (χ1n) is 15.0. The van der Waals surface area contributed by atoms with Crippen molar-refractivity contribution < 1.29 is 29.3 Å². The minimum Gasteiger partial charge on any atom is -0.481 e. The van der Waals surface area contributed by atoms with Gasteiger partial charge in [0.2, 0.25) is 0 Å². The summed E-state index contributed by atoms with van der Waals surface area (Å²) in [4.78, 5) is 23.0. The number of Topliss-reactive ketones (excluding diaryl/α,β-unsaturated/α-hetero) is 1. The van der Waals surface area contributed by atoms with E-state index in [2.05, 4.69) is 23.0 Å². The zero-order valence-corrected chi connectivity index (χ0v) is 23.0. The first-order chi connectivity index (χ1) is 18.3. The van der Waals surface area contributed by atoms with Crippen LogP contribution in [0, 0.1) is 11.8 Å². The second-order valence-electron chi connectivity index (χ2n) is 12.3. The zero-order chi connectivity index (χ0) is 26.9. The van der Waals surface area contributed by atoms with Crippen LogP contribution in [0.15, 0.2) is 18.2 Å². The second kappa shape index (κ2) is 11.2. The van der Waals surface area contributed by atoms with E-state index in [1.807, 2.05) is 12.1 Å². The van der Waals surface area contributed by atoms with Gasteiger partial charge in [-0.2, -0.15) is 0 Å². The van der Waals surface area contributed by atoms with Gasteiger partial charge in [0.25, 0.3) is 0 Å². The first kappa shape index (κ1) is 27.4. The average Bonchev–Trinajstić information content (AvgIpc) is 3.62. The maximum absolute atomic E-state index is 12.9. The zero-order valence-electron chi connectivity index (χ0n) is 23.0. The third-order valence-electron chi connectivity index (χ3n) is 9.78. The molecule has 6 atom stereocenters. The number of carbonyl (C=O) groups excluding carboxylic acids is 1. The lowest BCUT2D eigenvalue weighted by Crippen LogP contribution is -2.79. The number of ketones is 1. The number of piperidine rings is 1. The van der Waals surface area contributed by atoms with Crippen LogP contribution in [0.25, 0.3) is 0 Å². The van der Waals surface area contributed by atoms with Crippen molar-refractivity contribution in [1.29, 1.82) is 0 Å². The Balaban J connectivity index is 0.000000183. The van der Waals surface area contributed by atoms with Crippen LogP contribution in [0.5, 0.6) is 5.75 Å². The van der Waals surface area contributed by atoms with Gasteiger partial charge in [-0.05, 0) is 69.0 Å². The Morgan fingerprint density at radius 3 is 2.71 bits per heavy atom. The molecule has 1 spiro atoms. The van der Waals surface area contributed by atoms with E-state index in [4.69, 9.17) is 9.84 Å². The molecule has 3 N–H and O–H groups in total. The monoisotopic (exact) mass is 527 g/mol. The molecular weight excluding hydrogens is 482 g/mol. The van der Waals surface area contributed by atoms with Crippen LogP contribution in [0.4, 0.5) is 4.79 Å². The van der Waals surface area contributed by atoms with E-state index in [-0.39, 0.29) is 23.8 Å². The quantitative estimate of drug-likeness (QED) is 0.271. The molecule has 2 bridgehead atoms. The lowest BCUT2D eigenvalue weighted by atomic mass is 9.45. The summed E-state index contributed by atoms with van der Waals surface area (Å²) in [7, 11) is 0. The minimum absolute atomic E-state index is 0.0352. The van der Waals surface area contributed by atoms with E-state index in [1.54, 1.807) is 6.92 Å². The topological polar surface area (TPSA) is 105 Å². The van der Waals surface area contributed by atoms with E-state index in [9.17, 15) is 14.7 Å². The molecule has 0 radical (unpaired) electrons. The Morgan fingerprint density at radius 2 is 1.97 bits per heavy atom. The SMILES string of the molecule is CCCCCCCCC(C)OC(=O)O.O=C1CCC2(O)C3Cc4cccc5c4C2(C(CC2CC2)CN3)C1O5. The van der Waals surface area contributed by atoms with Crippen LogP contribution < -0.4 is 10.1 Å². The van der Waals surface area contributed by atoms with Crippen LogP contribution in [0.2, 0.25) is 0 Å². The first-order valence-corrected chi connectivity index (χ1v) is 15.0. The predicted octanol–water partition coefficient (Wildman–Crippen LogP) is 5.54. The Labute approximate surface area is 226 Å². The Bertz CT molecular complexity index is 1020. The van der Waals surface area contributed by atoms with Gasteiger partial charge >= 0.3 is 6.16 Å². The molecule has 2 aliphatic heterocycles. The van der Waals surface area contributed by atoms with Gasteiger partial charge in [0.15, 0.2) is 11.9 Å². The van der Waals surface area contributed by atoms with E-state index in [0.717, 1.165) is 43.9 Å². The largest absolute Gasteiger partial charge is 0.506 e. The molecule has 0 aromatic heterocycles. The molecule has 210 valence electrons. The second-order valence-corrected chi connectivity index (χ2v) is 12.3. The van der Waals surface area contributed by atoms with Crippen molar-refractivity contribution >= 4 is 11.9 Å². The number of carboxylic acid groups (broad SMARTS) is 1. The average molecular weight is 528 g/mol. The highest BCUT2D eigenvalue weighted by Gasteiger charge is 2.74. The predicted molar refractivity (Wildman–Crippen MR) is 145 cm³/mol. The molecule has 3 fully saturated rings. The van der Waals surface area contributed by atoms with E-state index in [1.165, 1.54) is 56.1 Å². The highest BCUT2D eigenvalue weighted by Crippen LogP contribution is 2.65. The Kier molecular flexibility index (Phi) is 8.07. The molecule has 0 amide bonds. The molecule has 6 rings (SSSR count). The summed E-state index contributed by atoms with van der Waals surface area (Å²) in [6, 6.07) is 6.23. The molecule has 7 nitrogen and oxygen atoms in total. The summed E-state index contributed by atoms with van der Waals surface area (Å²) < 4.78 is 10.8. The number of aliphatic hydroxyl groups is 1. The van der Waals surface area contributed by atoms with Gasteiger partial charge in [0, 0.05) is 18.0 Å². The molecule has 6 unspecified atom stereocenters. The summed E-state index contributed by atoms with van der Waals surface area (Å²) in [6.07, 6.45) is 11.9. The molecule has 2 saturated carbocycles. The van der Waals surface area contributed by atoms with Gasteiger partial charge in [-0.3, -0.25) is 4.79 Å². The van der Waals surface area contributed by atoms with Gasteiger partial charge in [0.1, 0.15) is 11.9 Å². The van der Waals surface area contributed by atoms with E-state index >= 15 is 0 Å². The molecule has 1 aromatic carbocycles. The number of benzene rings is 1. The maximum atomic E-state index is 12.9. The van der Waals surface area contributed by atoms with E-state index in [0.29, 0.717) is 12.8 Å². The fourth-order valence-electron chi connectivity index (χ4n) is 7.86. The van der Waals surface area contributed by atoms with Crippen molar-refractivity contribution in [1.82, 2.24) is 5.32 Å². The Morgan fingerprint density at radius 1 is 1.21 bits per heavy atom. The van der Waals surface area contributed by atoms with Gasteiger partial charge < -0.3 is 25.0 Å². The lowest BCUT2D eigenvalue weighted by Gasteiger charge is -2.63. The number of ether oxygens (including phenoxy) is 2. The third kappa shape index (κ3) is 4.85. The summed E-state index contributed by atoms with van der Waals surface area (Å²) >= 11 is 0. The van der Waals surface area contributed by atoms with Gasteiger partial charge in [-0.15, -0.1) is 0 Å². The van der Waals surface area contributed by atoms with Crippen LogP contribution in [0.3, 0.4) is 0 Å². The van der Waals surface area contributed by atoms with Crippen molar-refractivity contribution in [3.63, 3.8) is 0 Å². The third-order valence-corrected chi connectivity index (χ3v) is 9.78. The molecule has 1 aromatic rings. The number of hydrogen-bond acceptors (Lipinski definition) is 6. The van der Waals surface area contributed by atoms with Crippen LogP contribution in [-0.4, -0.2) is 52.5 Å². The van der Waals surface area contributed by atoms with Crippen molar-refractivity contribution in [2.75, 3.05) is 6.54 Å². The minimum atomic E-state index is -1.16. The highest BCUT2D eigenvalue weighted by molar-refractivity contribution is 5.89. The molecule has 5 aliphatic rings. The standard InChI is InChI=1S/C20H23NO3.C11H22O3/c22-14-6-7-19(23)16-9-12-2-1-3-15-17(12)20(19,18(14)24-15)13(10-21-16)8-11-4-5-11;1-3-4-5-6-7-8-9-10(2)14-11(12)13/h1-3,11,13,16,18,21,23H,4-10H2;10H,3-9H2,1-2H3,(H,12,13). The number of rotatable bonds is 10. The van der Waals surface area contributed by atoms with Crippen LogP contribution in [-0.2, 0) is 21.4 Å². The number of nitrogens with one attached hydrogen (secondary N) is 1. The number of carbonyl (C=O) groups is 2. The summed E-state index contributed by atoms with van der Waals surface area (Å²) in [5.41, 5.74) is 1.06. The summed E-state index contributed by atoms with van der Waals surface area (Å²) in [5.74, 6) is 2.08. The molecule has 3 aliphatic carbocycles. The van der Waals surface area contributed by atoms with Gasteiger partial charge in [-0.25, -0.2) is 4.79 Å². The lowest BCUT2D eigenvalue weighted by molar-refractivity contribution is -0.181. The maximum Gasteiger partial charge on any atom is 0.506 e. The Hall–Kier alpha value is -2.12. The smallest absolute Gasteiger partial charge is 0.481 e. The molecular formula is C31H45NO6. The van der Waals surface area contributed by atoms with Crippen molar-refractivity contribution in [2.45, 2.75) is 127 Å². The van der Waals surface area contributed by atoms with Crippen molar-refractivity contribution in [3.8, 4) is 5.75 Å². The van der Waals surface area contributed by atoms with E-state index < -0.39 is 23.3 Å². The normalized spacial score (nSPS) is 32.9. The number of hydrogen-bond donors (Lipinski definition) is 3. The number of unbranched alkanes of at least 4 members (excludes halogenated alkanes) is 5. The van der Waals surface area contributed by atoms with Gasteiger partial charge in [-0.1, -0.05) is 64.0 Å². The fourth-order valence-corrected chi connectivity index (χ4v) is 7.86. The van der Waals surface area contributed by atoms with Gasteiger partial charge in [0.05, 0.1) is 11.0 Å². The van der Waals surface area contributed by atoms with Crippen LogP contribution >= 0.6 is 0 Å². The molecule has 38 heavy (non-hydrogen) atoms. The van der Waals surface area contributed by atoms with Crippen molar-refractivity contribution in [2.24, 2.45) is 11.8 Å². The summed E-state index contributed by atoms with van der Waals surface area (Å²) in [5, 5.41) is 23.9. The fraction of sp³-hybridized carbons (Fsp3) is 0.742. The molecule has 1 saturated heterocycles. The highest BCUT2D eigenvalue weighted by atomic mass is 16.7. The van der Waals surface area contributed by atoms with Crippen LogP contribution in [0.1, 0.15) is 102 Å². The molecule has 2 heterocycles. The van der Waals surface area contributed by atoms with Crippen molar-refractivity contribution in [3.05, 3.63) is 29.3 Å². The summed E-state index contributed by atoms with van der Waals surface area (Å²) in [6.45, 7) is 4.90.